The molecule has 0 amide bonds. The van der Waals surface area contributed by atoms with Crippen molar-refractivity contribution in [2.24, 2.45) is 0 Å². The molecule has 0 aliphatic carbocycles. The van der Waals surface area contributed by atoms with Gasteiger partial charge in [0.05, 0.1) is 31.6 Å². The molecule has 2 aromatic carbocycles. The minimum absolute atomic E-state index is 0.570. The summed E-state index contributed by atoms with van der Waals surface area (Å²) in [6.07, 6.45) is 1.98. The standard InChI is InChI=1S/C22H24ClN3O3/c1-27-20-8-6-19(7-9-20)26-16-21(17-2-4-18(23)5-3-17)22(24-26)29-15-12-25-10-13-28-14-11-25/h2-9,16H,10-15H2,1H3. The molecule has 1 aliphatic heterocycles. The van der Waals surface area contributed by atoms with E-state index in [0.717, 1.165) is 55.4 Å². The Balaban J connectivity index is 1.56. The summed E-state index contributed by atoms with van der Waals surface area (Å²) in [7, 11) is 1.65. The molecule has 1 aliphatic rings. The first-order chi connectivity index (χ1) is 14.2. The zero-order valence-corrected chi connectivity index (χ0v) is 17.1. The van der Waals surface area contributed by atoms with Crippen molar-refractivity contribution in [3.63, 3.8) is 0 Å². The van der Waals surface area contributed by atoms with Gasteiger partial charge in [-0.05, 0) is 42.0 Å². The van der Waals surface area contributed by atoms with E-state index in [1.54, 1.807) is 7.11 Å². The predicted molar refractivity (Wildman–Crippen MR) is 113 cm³/mol. The second kappa shape index (κ2) is 9.31. The van der Waals surface area contributed by atoms with Crippen LogP contribution in [0.15, 0.2) is 54.7 Å². The summed E-state index contributed by atoms with van der Waals surface area (Å²) in [5.41, 5.74) is 2.87. The number of rotatable bonds is 7. The lowest BCUT2D eigenvalue weighted by atomic mass is 10.1. The molecule has 1 fully saturated rings. The third-order valence-electron chi connectivity index (χ3n) is 4.92. The van der Waals surface area contributed by atoms with Crippen LogP contribution in [0.25, 0.3) is 16.8 Å². The van der Waals surface area contributed by atoms with Gasteiger partial charge in [-0.1, -0.05) is 23.7 Å². The third kappa shape index (κ3) is 4.90. The first-order valence-corrected chi connectivity index (χ1v) is 10.0. The number of methoxy groups -OCH3 is 1. The van der Waals surface area contributed by atoms with Gasteiger partial charge in [0, 0.05) is 30.9 Å². The molecule has 1 aromatic heterocycles. The summed E-state index contributed by atoms with van der Waals surface area (Å²) >= 11 is 6.06. The lowest BCUT2D eigenvalue weighted by molar-refractivity contribution is 0.0320. The maximum atomic E-state index is 6.10. The van der Waals surface area contributed by atoms with E-state index >= 15 is 0 Å². The number of hydrogen-bond donors (Lipinski definition) is 0. The Morgan fingerprint density at radius 1 is 1.03 bits per heavy atom. The lowest BCUT2D eigenvalue weighted by Gasteiger charge is -2.26. The van der Waals surface area contributed by atoms with Gasteiger partial charge >= 0.3 is 0 Å². The van der Waals surface area contributed by atoms with Gasteiger partial charge in [0.2, 0.25) is 5.88 Å². The van der Waals surface area contributed by atoms with Crippen LogP contribution in [0.4, 0.5) is 0 Å². The molecule has 0 radical (unpaired) electrons. The zero-order valence-electron chi connectivity index (χ0n) is 16.4. The molecule has 4 rings (SSSR count). The molecule has 29 heavy (non-hydrogen) atoms. The fourth-order valence-corrected chi connectivity index (χ4v) is 3.38. The summed E-state index contributed by atoms with van der Waals surface area (Å²) in [4.78, 5) is 2.34. The van der Waals surface area contributed by atoms with Gasteiger partial charge in [0.25, 0.3) is 0 Å². The topological polar surface area (TPSA) is 48.8 Å². The van der Waals surface area contributed by atoms with E-state index in [1.165, 1.54) is 0 Å². The second-order valence-electron chi connectivity index (χ2n) is 6.80. The number of benzene rings is 2. The summed E-state index contributed by atoms with van der Waals surface area (Å²) < 4.78 is 18.6. The fraction of sp³-hybridized carbons (Fsp3) is 0.318. The van der Waals surface area contributed by atoms with E-state index in [9.17, 15) is 0 Å². The Morgan fingerprint density at radius 2 is 1.76 bits per heavy atom. The average Bonchev–Trinajstić information content (AvgIpc) is 3.19. The van der Waals surface area contributed by atoms with Crippen LogP contribution in [0.1, 0.15) is 0 Å². The van der Waals surface area contributed by atoms with Crippen LogP contribution in [0, 0.1) is 0 Å². The largest absolute Gasteiger partial charge is 0.497 e. The highest BCUT2D eigenvalue weighted by atomic mass is 35.5. The SMILES string of the molecule is COc1ccc(-n2cc(-c3ccc(Cl)cc3)c(OCCN3CCOCC3)n2)cc1. The van der Waals surface area contributed by atoms with Crippen molar-refractivity contribution in [2.75, 3.05) is 46.6 Å². The molecule has 0 bridgehead atoms. The van der Waals surface area contributed by atoms with Crippen molar-refractivity contribution >= 4 is 11.6 Å². The van der Waals surface area contributed by atoms with E-state index in [2.05, 4.69) is 4.90 Å². The van der Waals surface area contributed by atoms with Gasteiger partial charge in [-0.15, -0.1) is 5.10 Å². The molecular weight excluding hydrogens is 390 g/mol. The molecule has 152 valence electrons. The summed E-state index contributed by atoms with van der Waals surface area (Å²) in [6, 6.07) is 15.5. The number of nitrogens with zero attached hydrogens (tertiary/aromatic N) is 3. The van der Waals surface area contributed by atoms with E-state index in [-0.39, 0.29) is 0 Å². The van der Waals surface area contributed by atoms with E-state index < -0.39 is 0 Å². The molecule has 7 heteroatoms. The fourth-order valence-electron chi connectivity index (χ4n) is 3.26. The number of morpholine rings is 1. The monoisotopic (exact) mass is 413 g/mol. The molecule has 2 heterocycles. The van der Waals surface area contributed by atoms with Crippen LogP contribution >= 0.6 is 11.6 Å². The Kier molecular flexibility index (Phi) is 6.34. The van der Waals surface area contributed by atoms with E-state index in [0.29, 0.717) is 17.5 Å². The minimum Gasteiger partial charge on any atom is -0.497 e. The van der Waals surface area contributed by atoms with Crippen molar-refractivity contribution in [3.8, 4) is 28.4 Å². The van der Waals surface area contributed by atoms with Crippen LogP contribution in [0.3, 0.4) is 0 Å². The third-order valence-corrected chi connectivity index (χ3v) is 5.17. The van der Waals surface area contributed by atoms with Gasteiger partial charge in [0.15, 0.2) is 0 Å². The molecular formula is C22H24ClN3O3. The first-order valence-electron chi connectivity index (χ1n) is 9.66. The van der Waals surface area contributed by atoms with Crippen molar-refractivity contribution < 1.29 is 14.2 Å². The van der Waals surface area contributed by atoms with Crippen LogP contribution < -0.4 is 9.47 Å². The number of halogens is 1. The Bertz CT molecular complexity index is 919. The molecule has 0 N–H and O–H groups in total. The molecule has 6 nitrogen and oxygen atoms in total. The van der Waals surface area contributed by atoms with Crippen LogP contribution in [0.5, 0.6) is 11.6 Å². The highest BCUT2D eigenvalue weighted by molar-refractivity contribution is 6.30. The van der Waals surface area contributed by atoms with Gasteiger partial charge in [-0.25, -0.2) is 4.68 Å². The highest BCUT2D eigenvalue weighted by Crippen LogP contribution is 2.31. The van der Waals surface area contributed by atoms with Crippen LogP contribution in [0.2, 0.25) is 5.02 Å². The maximum Gasteiger partial charge on any atom is 0.241 e. The molecule has 0 saturated carbocycles. The number of aromatic nitrogens is 2. The molecule has 1 saturated heterocycles. The second-order valence-corrected chi connectivity index (χ2v) is 7.24. The van der Waals surface area contributed by atoms with Crippen molar-refractivity contribution in [1.29, 1.82) is 0 Å². The zero-order chi connectivity index (χ0) is 20.1. The molecule has 3 aromatic rings. The smallest absolute Gasteiger partial charge is 0.241 e. The molecule has 0 unspecified atom stereocenters. The van der Waals surface area contributed by atoms with Gasteiger partial charge in [-0.3, -0.25) is 4.90 Å². The first kappa shape index (κ1) is 19.8. The van der Waals surface area contributed by atoms with Gasteiger partial charge in [0.1, 0.15) is 12.4 Å². The summed E-state index contributed by atoms with van der Waals surface area (Å²) in [5.74, 6) is 1.41. The average molecular weight is 414 g/mol. The highest BCUT2D eigenvalue weighted by Gasteiger charge is 2.15. The quantitative estimate of drug-likeness (QED) is 0.587. The normalized spacial score (nSPS) is 14.7. The van der Waals surface area contributed by atoms with E-state index in [1.807, 2.05) is 59.4 Å². The Hall–Kier alpha value is -2.54. The van der Waals surface area contributed by atoms with Crippen LogP contribution in [-0.4, -0.2) is 61.2 Å². The van der Waals surface area contributed by atoms with Crippen molar-refractivity contribution in [1.82, 2.24) is 14.7 Å². The number of ether oxygens (including phenoxy) is 3. The van der Waals surface area contributed by atoms with Gasteiger partial charge < -0.3 is 14.2 Å². The van der Waals surface area contributed by atoms with Gasteiger partial charge in [-0.2, -0.15) is 0 Å². The summed E-state index contributed by atoms with van der Waals surface area (Å²) in [6.45, 7) is 4.85. The minimum atomic E-state index is 0.570. The predicted octanol–water partition coefficient (Wildman–Crippen LogP) is 3.91. The lowest BCUT2D eigenvalue weighted by Crippen LogP contribution is -2.38. The van der Waals surface area contributed by atoms with Crippen molar-refractivity contribution in [3.05, 3.63) is 59.8 Å². The maximum absolute atomic E-state index is 6.10. The Morgan fingerprint density at radius 3 is 2.45 bits per heavy atom. The van der Waals surface area contributed by atoms with E-state index in [4.69, 9.17) is 30.9 Å². The van der Waals surface area contributed by atoms with Crippen LogP contribution in [-0.2, 0) is 4.74 Å². The van der Waals surface area contributed by atoms with Crippen molar-refractivity contribution in [2.45, 2.75) is 0 Å². The molecule has 0 atom stereocenters. The number of hydrogen-bond acceptors (Lipinski definition) is 5. The molecule has 0 spiro atoms. The Labute approximate surface area is 175 Å². The summed E-state index contributed by atoms with van der Waals surface area (Å²) in [5, 5.41) is 5.39.